The molecule has 0 amide bonds. The molecule has 3 N–H and O–H groups in total. The monoisotopic (exact) mass is 504 g/mol. The van der Waals surface area contributed by atoms with E-state index in [0.717, 1.165) is 12.1 Å². The molecule has 0 aliphatic heterocycles. The number of ether oxygens (including phenoxy) is 1. The number of carboxylic acids is 1. The molecule has 0 aliphatic rings. The third-order valence-electron chi connectivity index (χ3n) is 4.22. The van der Waals surface area contributed by atoms with E-state index in [-0.39, 0.29) is 17.1 Å². The van der Waals surface area contributed by atoms with Crippen LogP contribution in [0.4, 0.5) is 17.1 Å². The summed E-state index contributed by atoms with van der Waals surface area (Å²) in [5, 5.41) is 24.4. The van der Waals surface area contributed by atoms with Crippen molar-refractivity contribution in [2.75, 3.05) is 16.8 Å². The van der Waals surface area contributed by atoms with Gasteiger partial charge in [0.25, 0.3) is 15.7 Å². The van der Waals surface area contributed by atoms with E-state index in [9.17, 15) is 23.3 Å². The number of anilines is 2. The van der Waals surface area contributed by atoms with Crippen LogP contribution in [-0.4, -0.2) is 37.2 Å². The van der Waals surface area contributed by atoms with Crippen molar-refractivity contribution in [3.8, 4) is 5.75 Å². The molecule has 0 aliphatic carbocycles. The summed E-state index contributed by atoms with van der Waals surface area (Å²) in [6.07, 6.45) is 1.29. The van der Waals surface area contributed by atoms with E-state index in [4.69, 9.17) is 21.4 Å². The topological polar surface area (TPSA) is 160 Å². The molecular formula is C21H17ClN4O7S. The number of para-hydroxylation sites is 1. The van der Waals surface area contributed by atoms with Crippen LogP contribution in [0.25, 0.3) is 0 Å². The summed E-state index contributed by atoms with van der Waals surface area (Å²) in [7, 11) is -4.26. The molecule has 0 atom stereocenters. The lowest BCUT2D eigenvalue weighted by molar-refractivity contribution is -0.385. The molecule has 0 aromatic heterocycles. The number of non-ortho nitro benzene ring substituents is 1. The first-order chi connectivity index (χ1) is 16.2. The molecule has 0 spiro atoms. The number of rotatable bonds is 10. The number of nitrogens with one attached hydrogen (secondary N) is 2. The lowest BCUT2D eigenvalue weighted by atomic mass is 10.2. The first-order valence-corrected chi connectivity index (χ1v) is 11.3. The van der Waals surface area contributed by atoms with Crippen molar-refractivity contribution in [3.63, 3.8) is 0 Å². The SMILES string of the molecule is O=C(O)COc1ccccc1/C=N\Nc1ccc([N+](=O)[O-])cc1S(=O)(=O)Nc1ccc(Cl)cc1. The van der Waals surface area contributed by atoms with Gasteiger partial charge in [-0.3, -0.25) is 20.3 Å². The van der Waals surface area contributed by atoms with Gasteiger partial charge in [0, 0.05) is 28.4 Å². The second-order valence-corrected chi connectivity index (χ2v) is 8.73. The zero-order valence-corrected chi connectivity index (χ0v) is 18.8. The van der Waals surface area contributed by atoms with E-state index in [1.807, 2.05) is 0 Å². The van der Waals surface area contributed by atoms with Crippen LogP contribution in [-0.2, 0) is 14.8 Å². The summed E-state index contributed by atoms with van der Waals surface area (Å²) in [4.78, 5) is 20.8. The van der Waals surface area contributed by atoms with Crippen LogP contribution in [0.2, 0.25) is 5.02 Å². The predicted octanol–water partition coefficient (Wildman–Crippen LogP) is 3.96. The minimum Gasteiger partial charge on any atom is -0.481 e. The standard InChI is InChI=1S/C21H17ClN4O7S/c22-15-5-7-16(8-6-15)25-34(31,32)20-11-17(26(29)30)9-10-18(20)24-23-12-14-3-1-2-4-19(14)33-13-21(27)28/h1-12,24-25H,13H2,(H,27,28)/b23-12-. The van der Waals surface area contributed by atoms with Gasteiger partial charge >= 0.3 is 5.97 Å². The van der Waals surface area contributed by atoms with Gasteiger partial charge in [-0.05, 0) is 42.5 Å². The lowest BCUT2D eigenvalue weighted by Crippen LogP contribution is -2.15. The number of benzene rings is 3. The second-order valence-electron chi connectivity index (χ2n) is 6.64. The minimum atomic E-state index is -4.26. The largest absolute Gasteiger partial charge is 0.481 e. The maximum absolute atomic E-state index is 13.0. The van der Waals surface area contributed by atoms with E-state index in [2.05, 4.69) is 15.2 Å². The molecule has 3 aromatic rings. The molecule has 0 radical (unpaired) electrons. The zero-order chi connectivity index (χ0) is 24.7. The molecule has 13 heteroatoms. The van der Waals surface area contributed by atoms with Crippen LogP contribution >= 0.6 is 11.6 Å². The van der Waals surface area contributed by atoms with Gasteiger partial charge < -0.3 is 9.84 Å². The van der Waals surface area contributed by atoms with Gasteiger partial charge in [-0.2, -0.15) is 5.10 Å². The van der Waals surface area contributed by atoms with E-state index in [0.29, 0.717) is 10.6 Å². The average molecular weight is 505 g/mol. The number of nitro groups is 1. The number of hydrogen-bond donors (Lipinski definition) is 3. The van der Waals surface area contributed by atoms with Gasteiger partial charge in [-0.15, -0.1) is 0 Å². The Morgan fingerprint density at radius 1 is 1.15 bits per heavy atom. The third kappa shape index (κ3) is 6.43. The molecular weight excluding hydrogens is 488 g/mol. The molecule has 0 bridgehead atoms. The summed E-state index contributed by atoms with van der Waals surface area (Å²) in [6, 6.07) is 15.6. The smallest absolute Gasteiger partial charge is 0.341 e. The highest BCUT2D eigenvalue weighted by molar-refractivity contribution is 7.92. The molecule has 0 unspecified atom stereocenters. The first kappa shape index (κ1) is 24.5. The van der Waals surface area contributed by atoms with Crippen LogP contribution in [0.1, 0.15) is 5.56 Å². The molecule has 0 heterocycles. The van der Waals surface area contributed by atoms with Gasteiger partial charge in [-0.25, -0.2) is 13.2 Å². The lowest BCUT2D eigenvalue weighted by Gasteiger charge is -2.12. The van der Waals surface area contributed by atoms with E-state index in [1.54, 1.807) is 24.3 Å². The number of carboxylic acid groups (broad SMARTS) is 1. The van der Waals surface area contributed by atoms with Crippen LogP contribution < -0.4 is 14.9 Å². The highest BCUT2D eigenvalue weighted by Gasteiger charge is 2.22. The van der Waals surface area contributed by atoms with Gasteiger partial charge in [0.15, 0.2) is 6.61 Å². The van der Waals surface area contributed by atoms with Gasteiger partial charge in [0.1, 0.15) is 10.6 Å². The van der Waals surface area contributed by atoms with Crippen LogP contribution in [0.3, 0.4) is 0 Å². The summed E-state index contributed by atoms with van der Waals surface area (Å²) < 4.78 is 33.5. The van der Waals surface area contributed by atoms with E-state index < -0.39 is 38.1 Å². The maximum atomic E-state index is 13.0. The van der Waals surface area contributed by atoms with Crippen molar-refractivity contribution in [1.29, 1.82) is 0 Å². The van der Waals surface area contributed by atoms with Crippen molar-refractivity contribution >= 4 is 50.9 Å². The quantitative estimate of drug-likeness (QED) is 0.212. The molecule has 11 nitrogen and oxygen atoms in total. The Labute approximate surface area is 198 Å². The molecule has 176 valence electrons. The summed E-state index contributed by atoms with van der Waals surface area (Å²) >= 11 is 5.82. The molecule has 34 heavy (non-hydrogen) atoms. The van der Waals surface area contributed by atoms with E-state index in [1.165, 1.54) is 36.5 Å². The number of halogens is 1. The minimum absolute atomic E-state index is 0.0350. The fourth-order valence-electron chi connectivity index (χ4n) is 2.70. The van der Waals surface area contributed by atoms with Gasteiger partial charge in [0.05, 0.1) is 16.8 Å². The van der Waals surface area contributed by atoms with Gasteiger partial charge in [-0.1, -0.05) is 23.7 Å². The van der Waals surface area contributed by atoms with Crippen LogP contribution in [0.5, 0.6) is 5.75 Å². The zero-order valence-electron chi connectivity index (χ0n) is 17.2. The Morgan fingerprint density at radius 3 is 2.53 bits per heavy atom. The third-order valence-corrected chi connectivity index (χ3v) is 5.89. The molecule has 0 fully saturated rings. The first-order valence-electron chi connectivity index (χ1n) is 9.45. The molecule has 3 aromatic carbocycles. The summed E-state index contributed by atoms with van der Waals surface area (Å²) in [5.41, 5.74) is 2.71. The Kier molecular flexibility index (Phi) is 7.66. The predicted molar refractivity (Wildman–Crippen MR) is 126 cm³/mol. The molecule has 0 saturated heterocycles. The van der Waals surface area contributed by atoms with Crippen molar-refractivity contribution < 1.29 is 28.0 Å². The number of sulfonamides is 1. The van der Waals surface area contributed by atoms with Crippen LogP contribution in [0, 0.1) is 10.1 Å². The Hall–Kier alpha value is -4.16. The molecule has 3 rings (SSSR count). The average Bonchev–Trinajstić information content (AvgIpc) is 2.79. The number of hydrazone groups is 1. The highest BCUT2D eigenvalue weighted by atomic mass is 35.5. The maximum Gasteiger partial charge on any atom is 0.341 e. The Morgan fingerprint density at radius 2 is 1.85 bits per heavy atom. The number of carbonyl (C=O) groups is 1. The van der Waals surface area contributed by atoms with Crippen molar-refractivity contribution in [1.82, 2.24) is 0 Å². The fourth-order valence-corrected chi connectivity index (χ4v) is 4.06. The number of hydrogen-bond acceptors (Lipinski definition) is 8. The van der Waals surface area contributed by atoms with Crippen LogP contribution in [0.15, 0.2) is 76.7 Å². The number of nitrogens with zero attached hydrogens (tertiary/aromatic N) is 2. The summed E-state index contributed by atoms with van der Waals surface area (Å²) in [5.74, 6) is -0.907. The van der Waals surface area contributed by atoms with Crippen molar-refractivity contribution in [2.45, 2.75) is 4.90 Å². The number of aliphatic carboxylic acids is 1. The molecule has 0 saturated carbocycles. The van der Waals surface area contributed by atoms with Gasteiger partial charge in [0.2, 0.25) is 0 Å². The fraction of sp³-hybridized carbons (Fsp3) is 0.0476. The normalized spacial score (nSPS) is 11.2. The van der Waals surface area contributed by atoms with Crippen molar-refractivity contribution in [3.05, 3.63) is 87.4 Å². The van der Waals surface area contributed by atoms with Crippen molar-refractivity contribution in [2.24, 2.45) is 5.10 Å². The second kappa shape index (κ2) is 10.6. The summed E-state index contributed by atoms with van der Waals surface area (Å²) in [6.45, 7) is -0.556. The Bertz CT molecular complexity index is 1350. The van der Waals surface area contributed by atoms with E-state index >= 15 is 0 Å². The number of nitro benzene ring substituents is 1. The Balaban J connectivity index is 1.90. The highest BCUT2D eigenvalue weighted by Crippen LogP contribution is 2.29.